The summed E-state index contributed by atoms with van der Waals surface area (Å²) in [6, 6.07) is 0. The van der Waals surface area contributed by atoms with E-state index in [-0.39, 0.29) is 5.60 Å². The van der Waals surface area contributed by atoms with Crippen molar-refractivity contribution in [3.8, 4) is 0 Å². The summed E-state index contributed by atoms with van der Waals surface area (Å²) in [6.07, 6.45) is 5.32. The van der Waals surface area contributed by atoms with Gasteiger partial charge in [0.2, 0.25) is 11.7 Å². The standard InChI is InChI=1S/C12H20N2O3/c1-9(15)8-10-13-11(14-17-10)12(16-2)6-4-3-5-7-12/h9,15H,3-8H2,1-2H3. The first kappa shape index (κ1) is 12.5. The molecule has 5 nitrogen and oxygen atoms in total. The lowest BCUT2D eigenvalue weighted by Crippen LogP contribution is -2.32. The number of rotatable bonds is 4. The molecule has 0 aliphatic heterocycles. The molecule has 17 heavy (non-hydrogen) atoms. The molecule has 1 aliphatic rings. The van der Waals surface area contributed by atoms with Crippen molar-refractivity contribution in [1.82, 2.24) is 10.1 Å². The molecule has 96 valence electrons. The third-order valence-corrected chi connectivity index (χ3v) is 3.40. The van der Waals surface area contributed by atoms with Gasteiger partial charge < -0.3 is 14.4 Å². The normalized spacial score (nSPS) is 21.4. The van der Waals surface area contributed by atoms with Gasteiger partial charge in [-0.15, -0.1) is 0 Å². The van der Waals surface area contributed by atoms with Crippen molar-refractivity contribution in [2.24, 2.45) is 0 Å². The highest BCUT2D eigenvalue weighted by atomic mass is 16.5. The Morgan fingerprint density at radius 2 is 2.12 bits per heavy atom. The number of ether oxygens (including phenoxy) is 1. The zero-order valence-electron chi connectivity index (χ0n) is 10.5. The summed E-state index contributed by atoms with van der Waals surface area (Å²) in [5, 5.41) is 13.3. The zero-order valence-corrected chi connectivity index (χ0v) is 10.5. The topological polar surface area (TPSA) is 68.4 Å². The molecule has 1 saturated carbocycles. The van der Waals surface area contributed by atoms with Gasteiger partial charge in [-0.25, -0.2) is 0 Å². The van der Waals surface area contributed by atoms with E-state index in [4.69, 9.17) is 9.26 Å². The van der Waals surface area contributed by atoms with Gasteiger partial charge in [0.15, 0.2) is 0 Å². The number of nitrogens with zero attached hydrogens (tertiary/aromatic N) is 2. The third-order valence-electron chi connectivity index (χ3n) is 3.40. The molecule has 0 saturated heterocycles. The number of hydrogen-bond donors (Lipinski definition) is 1. The first-order chi connectivity index (χ1) is 8.16. The lowest BCUT2D eigenvalue weighted by molar-refractivity contribution is -0.0527. The molecular weight excluding hydrogens is 220 g/mol. The van der Waals surface area contributed by atoms with Crippen LogP contribution in [0.2, 0.25) is 0 Å². The van der Waals surface area contributed by atoms with Crippen LogP contribution in [-0.2, 0) is 16.8 Å². The zero-order chi connectivity index (χ0) is 12.3. The van der Waals surface area contributed by atoms with Crippen LogP contribution in [0.5, 0.6) is 0 Å². The van der Waals surface area contributed by atoms with Crippen LogP contribution in [0, 0.1) is 0 Å². The van der Waals surface area contributed by atoms with Crippen molar-refractivity contribution >= 4 is 0 Å². The van der Waals surface area contributed by atoms with Gasteiger partial charge in [0.05, 0.1) is 12.5 Å². The molecule has 1 fully saturated rings. The quantitative estimate of drug-likeness (QED) is 0.869. The Hall–Kier alpha value is -0.940. The minimum Gasteiger partial charge on any atom is -0.393 e. The SMILES string of the molecule is COC1(c2noc(CC(C)O)n2)CCCCC1. The van der Waals surface area contributed by atoms with Gasteiger partial charge in [0.1, 0.15) is 5.60 Å². The summed E-state index contributed by atoms with van der Waals surface area (Å²) in [5.41, 5.74) is -0.376. The van der Waals surface area contributed by atoms with Crippen LogP contribution in [0.15, 0.2) is 4.52 Å². The number of aliphatic hydroxyl groups is 1. The Labute approximate surface area is 101 Å². The molecule has 0 spiro atoms. The van der Waals surface area contributed by atoms with Crippen molar-refractivity contribution < 1.29 is 14.4 Å². The van der Waals surface area contributed by atoms with Crippen molar-refractivity contribution in [3.63, 3.8) is 0 Å². The maximum atomic E-state index is 9.29. The summed E-state index contributed by atoms with van der Waals surface area (Å²) in [5.74, 6) is 1.12. The molecule has 0 aromatic carbocycles. The van der Waals surface area contributed by atoms with E-state index in [1.807, 2.05) is 0 Å². The van der Waals surface area contributed by atoms with Gasteiger partial charge >= 0.3 is 0 Å². The molecule has 1 aromatic rings. The second-order valence-corrected chi connectivity index (χ2v) is 4.82. The van der Waals surface area contributed by atoms with Crippen LogP contribution < -0.4 is 0 Å². The van der Waals surface area contributed by atoms with Crippen LogP contribution in [0.25, 0.3) is 0 Å². The number of hydrogen-bond acceptors (Lipinski definition) is 5. The Kier molecular flexibility index (Phi) is 3.79. The highest BCUT2D eigenvalue weighted by molar-refractivity contribution is 5.03. The molecule has 1 aromatic heterocycles. The fourth-order valence-electron chi connectivity index (χ4n) is 2.42. The van der Waals surface area contributed by atoms with Gasteiger partial charge in [0.25, 0.3) is 0 Å². The lowest BCUT2D eigenvalue weighted by Gasteiger charge is -2.32. The van der Waals surface area contributed by atoms with E-state index >= 15 is 0 Å². The molecule has 1 aliphatic carbocycles. The summed E-state index contributed by atoms with van der Waals surface area (Å²) < 4.78 is 10.8. The number of aliphatic hydroxyl groups excluding tert-OH is 1. The van der Waals surface area contributed by atoms with E-state index in [0.29, 0.717) is 18.1 Å². The van der Waals surface area contributed by atoms with Gasteiger partial charge in [-0.1, -0.05) is 24.4 Å². The maximum Gasteiger partial charge on any atom is 0.229 e. The second kappa shape index (κ2) is 5.14. The minimum absolute atomic E-state index is 0.376. The molecule has 1 N–H and O–H groups in total. The van der Waals surface area contributed by atoms with Crippen LogP contribution in [0.1, 0.15) is 50.7 Å². The summed E-state index contributed by atoms with van der Waals surface area (Å²) in [4.78, 5) is 4.35. The molecule has 0 radical (unpaired) electrons. The van der Waals surface area contributed by atoms with Crippen molar-refractivity contribution in [3.05, 3.63) is 11.7 Å². The number of aromatic nitrogens is 2. The van der Waals surface area contributed by atoms with Crippen LogP contribution in [0.3, 0.4) is 0 Å². The molecule has 1 unspecified atom stereocenters. The first-order valence-electron chi connectivity index (χ1n) is 6.22. The minimum atomic E-state index is -0.465. The Morgan fingerprint density at radius 3 is 2.71 bits per heavy atom. The molecule has 1 atom stereocenters. The molecule has 1 heterocycles. The Morgan fingerprint density at radius 1 is 1.41 bits per heavy atom. The highest BCUT2D eigenvalue weighted by Crippen LogP contribution is 2.38. The monoisotopic (exact) mass is 240 g/mol. The van der Waals surface area contributed by atoms with E-state index in [2.05, 4.69) is 10.1 Å². The van der Waals surface area contributed by atoms with Gasteiger partial charge in [-0.3, -0.25) is 0 Å². The molecule has 2 rings (SSSR count). The van der Waals surface area contributed by atoms with Crippen molar-refractivity contribution in [1.29, 1.82) is 0 Å². The van der Waals surface area contributed by atoms with Crippen molar-refractivity contribution in [2.75, 3.05) is 7.11 Å². The van der Waals surface area contributed by atoms with Gasteiger partial charge in [-0.2, -0.15) is 4.98 Å². The predicted octanol–water partition coefficient (Wildman–Crippen LogP) is 1.80. The fraction of sp³-hybridized carbons (Fsp3) is 0.833. The largest absolute Gasteiger partial charge is 0.393 e. The summed E-state index contributed by atoms with van der Waals surface area (Å²) >= 11 is 0. The smallest absolute Gasteiger partial charge is 0.229 e. The molecule has 0 bridgehead atoms. The van der Waals surface area contributed by atoms with Crippen molar-refractivity contribution in [2.45, 2.75) is 57.2 Å². The average Bonchev–Trinajstić information content (AvgIpc) is 2.78. The van der Waals surface area contributed by atoms with E-state index in [0.717, 1.165) is 25.7 Å². The maximum absolute atomic E-state index is 9.29. The Balaban J connectivity index is 2.16. The Bertz CT molecular complexity index is 356. The number of methoxy groups -OCH3 is 1. The van der Waals surface area contributed by atoms with E-state index < -0.39 is 6.10 Å². The molecule has 5 heteroatoms. The van der Waals surface area contributed by atoms with Crippen LogP contribution in [-0.4, -0.2) is 28.5 Å². The molecule has 0 amide bonds. The van der Waals surface area contributed by atoms with Gasteiger partial charge in [-0.05, 0) is 19.8 Å². The fourth-order valence-corrected chi connectivity index (χ4v) is 2.42. The lowest BCUT2D eigenvalue weighted by atomic mass is 9.84. The van der Waals surface area contributed by atoms with E-state index in [1.54, 1.807) is 14.0 Å². The predicted molar refractivity (Wildman–Crippen MR) is 61.5 cm³/mol. The highest BCUT2D eigenvalue weighted by Gasteiger charge is 2.38. The van der Waals surface area contributed by atoms with Crippen LogP contribution in [0.4, 0.5) is 0 Å². The average molecular weight is 240 g/mol. The van der Waals surface area contributed by atoms with E-state index in [1.165, 1.54) is 6.42 Å². The molecular formula is C12H20N2O3. The summed E-state index contributed by atoms with van der Waals surface area (Å²) in [7, 11) is 1.70. The third kappa shape index (κ3) is 2.66. The van der Waals surface area contributed by atoms with E-state index in [9.17, 15) is 5.11 Å². The van der Waals surface area contributed by atoms with Crippen LogP contribution >= 0.6 is 0 Å². The second-order valence-electron chi connectivity index (χ2n) is 4.82. The van der Waals surface area contributed by atoms with Gasteiger partial charge in [0, 0.05) is 7.11 Å². The summed E-state index contributed by atoms with van der Waals surface area (Å²) in [6.45, 7) is 1.70. The first-order valence-corrected chi connectivity index (χ1v) is 6.22.